The van der Waals surface area contributed by atoms with E-state index in [0.29, 0.717) is 16.9 Å². The van der Waals surface area contributed by atoms with E-state index >= 15 is 0 Å². The second-order valence-electron chi connectivity index (χ2n) is 5.42. The number of para-hydroxylation sites is 1. The average Bonchev–Trinajstić information content (AvgIpc) is 3.07. The maximum absolute atomic E-state index is 12.2. The van der Waals surface area contributed by atoms with Crippen molar-refractivity contribution in [3.8, 4) is 11.3 Å². The summed E-state index contributed by atoms with van der Waals surface area (Å²) in [4.78, 5) is 24.2. The summed E-state index contributed by atoms with van der Waals surface area (Å²) in [7, 11) is 1.77. The molecule has 0 aliphatic carbocycles. The van der Waals surface area contributed by atoms with Gasteiger partial charge < -0.3 is 10.6 Å². The molecule has 0 bridgehead atoms. The first-order valence-corrected chi connectivity index (χ1v) is 7.72. The fraction of sp³-hybridized carbons (Fsp3) is 0.111. The molecule has 0 aliphatic rings. The summed E-state index contributed by atoms with van der Waals surface area (Å²) in [6.07, 6.45) is 1.77. The Balaban J connectivity index is 1.65. The standard InChI is InChI=1S/C18H17N5O2/c1-23-12-16(21-22-23)14-9-5-6-10-15(14)20-17(24)11-19-18(25)13-7-3-2-4-8-13/h2-10,12H,11H2,1H3,(H,19,25)(H,20,24). The molecule has 2 amide bonds. The summed E-state index contributed by atoms with van der Waals surface area (Å²) >= 11 is 0. The monoisotopic (exact) mass is 335 g/mol. The summed E-state index contributed by atoms with van der Waals surface area (Å²) in [6.45, 7) is -0.122. The van der Waals surface area contributed by atoms with E-state index in [0.717, 1.165) is 5.56 Å². The van der Waals surface area contributed by atoms with E-state index in [2.05, 4.69) is 20.9 Å². The van der Waals surface area contributed by atoms with Gasteiger partial charge in [0.15, 0.2) is 0 Å². The first kappa shape index (κ1) is 16.4. The van der Waals surface area contributed by atoms with Crippen LogP contribution >= 0.6 is 0 Å². The molecule has 126 valence electrons. The number of amides is 2. The van der Waals surface area contributed by atoms with Crippen LogP contribution in [0, 0.1) is 0 Å². The molecule has 0 aliphatic heterocycles. The number of nitrogens with one attached hydrogen (secondary N) is 2. The molecule has 0 saturated carbocycles. The van der Waals surface area contributed by atoms with Crippen LogP contribution in [0.15, 0.2) is 60.8 Å². The van der Waals surface area contributed by atoms with Gasteiger partial charge in [-0.2, -0.15) is 0 Å². The number of carbonyl (C=O) groups excluding carboxylic acids is 2. The molecule has 0 spiro atoms. The van der Waals surface area contributed by atoms with Crippen molar-refractivity contribution in [2.75, 3.05) is 11.9 Å². The highest BCUT2D eigenvalue weighted by Crippen LogP contribution is 2.25. The summed E-state index contributed by atoms with van der Waals surface area (Å²) in [5, 5.41) is 13.4. The molecule has 7 nitrogen and oxygen atoms in total. The van der Waals surface area contributed by atoms with Crippen molar-refractivity contribution in [3.05, 3.63) is 66.4 Å². The van der Waals surface area contributed by atoms with Crippen LogP contribution in [0.4, 0.5) is 5.69 Å². The number of carbonyl (C=O) groups is 2. The highest BCUT2D eigenvalue weighted by molar-refractivity contribution is 6.00. The Morgan fingerprint density at radius 1 is 1.04 bits per heavy atom. The van der Waals surface area contributed by atoms with E-state index in [1.807, 2.05) is 24.3 Å². The van der Waals surface area contributed by atoms with Gasteiger partial charge in [0.1, 0.15) is 5.69 Å². The molecule has 2 aromatic carbocycles. The summed E-state index contributed by atoms with van der Waals surface area (Å²) in [5.74, 6) is -0.612. The maximum atomic E-state index is 12.2. The van der Waals surface area contributed by atoms with Crippen molar-refractivity contribution in [2.24, 2.45) is 7.05 Å². The second kappa shape index (κ2) is 7.39. The van der Waals surface area contributed by atoms with Crippen molar-refractivity contribution >= 4 is 17.5 Å². The average molecular weight is 335 g/mol. The molecule has 0 saturated heterocycles. The van der Waals surface area contributed by atoms with Crippen LogP contribution in [-0.2, 0) is 11.8 Å². The quantitative estimate of drug-likeness (QED) is 0.745. The summed E-state index contributed by atoms with van der Waals surface area (Å²) in [6, 6.07) is 16.1. The molecule has 3 rings (SSSR count). The van der Waals surface area contributed by atoms with Crippen molar-refractivity contribution < 1.29 is 9.59 Å². The highest BCUT2D eigenvalue weighted by Gasteiger charge is 2.12. The molecule has 3 aromatic rings. The molecular formula is C18H17N5O2. The summed E-state index contributed by atoms with van der Waals surface area (Å²) in [5.41, 5.74) is 2.54. The first-order chi connectivity index (χ1) is 12.1. The van der Waals surface area contributed by atoms with Gasteiger partial charge in [0.2, 0.25) is 5.91 Å². The van der Waals surface area contributed by atoms with Crippen LogP contribution in [0.3, 0.4) is 0 Å². The van der Waals surface area contributed by atoms with Crippen LogP contribution in [0.1, 0.15) is 10.4 Å². The minimum Gasteiger partial charge on any atom is -0.343 e. The first-order valence-electron chi connectivity index (χ1n) is 7.72. The van der Waals surface area contributed by atoms with Gasteiger partial charge in [-0.3, -0.25) is 14.3 Å². The van der Waals surface area contributed by atoms with Gasteiger partial charge in [0.25, 0.3) is 5.91 Å². The Labute approximate surface area is 144 Å². The molecule has 0 atom stereocenters. The fourth-order valence-electron chi connectivity index (χ4n) is 2.33. The van der Waals surface area contributed by atoms with E-state index in [1.54, 1.807) is 48.3 Å². The van der Waals surface area contributed by atoms with Crippen molar-refractivity contribution in [1.29, 1.82) is 0 Å². The largest absolute Gasteiger partial charge is 0.343 e. The molecule has 2 N–H and O–H groups in total. The van der Waals surface area contributed by atoms with E-state index in [1.165, 1.54) is 0 Å². The van der Waals surface area contributed by atoms with Gasteiger partial charge in [-0.1, -0.05) is 41.6 Å². The Morgan fingerprint density at radius 2 is 1.76 bits per heavy atom. The van der Waals surface area contributed by atoms with Gasteiger partial charge in [0.05, 0.1) is 18.4 Å². The van der Waals surface area contributed by atoms with Gasteiger partial charge >= 0.3 is 0 Å². The third-order valence-corrected chi connectivity index (χ3v) is 3.53. The zero-order valence-corrected chi connectivity index (χ0v) is 13.6. The van der Waals surface area contributed by atoms with E-state index in [9.17, 15) is 9.59 Å². The lowest BCUT2D eigenvalue weighted by Crippen LogP contribution is -2.32. The van der Waals surface area contributed by atoms with Crippen LogP contribution in [-0.4, -0.2) is 33.4 Å². The zero-order valence-electron chi connectivity index (χ0n) is 13.6. The predicted octanol–water partition coefficient (Wildman–Crippen LogP) is 1.85. The van der Waals surface area contributed by atoms with Crippen molar-refractivity contribution in [1.82, 2.24) is 20.3 Å². The van der Waals surface area contributed by atoms with Gasteiger partial charge in [-0.25, -0.2) is 0 Å². The van der Waals surface area contributed by atoms with Crippen LogP contribution in [0.25, 0.3) is 11.3 Å². The summed E-state index contributed by atoms with van der Waals surface area (Å²) < 4.78 is 1.59. The van der Waals surface area contributed by atoms with E-state index in [4.69, 9.17) is 0 Å². The molecule has 0 fully saturated rings. The van der Waals surface area contributed by atoms with Crippen molar-refractivity contribution in [3.63, 3.8) is 0 Å². The Morgan fingerprint density at radius 3 is 2.48 bits per heavy atom. The normalized spacial score (nSPS) is 10.3. The molecule has 0 radical (unpaired) electrons. The molecule has 7 heteroatoms. The number of anilines is 1. The van der Waals surface area contributed by atoms with E-state index in [-0.39, 0.29) is 18.4 Å². The second-order valence-corrected chi connectivity index (χ2v) is 5.42. The third-order valence-electron chi connectivity index (χ3n) is 3.53. The Bertz CT molecular complexity index is 889. The smallest absolute Gasteiger partial charge is 0.251 e. The minimum atomic E-state index is -0.319. The molecule has 25 heavy (non-hydrogen) atoms. The Kier molecular flexibility index (Phi) is 4.84. The topological polar surface area (TPSA) is 88.9 Å². The van der Waals surface area contributed by atoms with Crippen LogP contribution in [0.5, 0.6) is 0 Å². The molecular weight excluding hydrogens is 318 g/mol. The highest BCUT2D eigenvalue weighted by atomic mass is 16.2. The number of rotatable bonds is 5. The number of aryl methyl sites for hydroxylation is 1. The molecule has 0 unspecified atom stereocenters. The maximum Gasteiger partial charge on any atom is 0.251 e. The lowest BCUT2D eigenvalue weighted by molar-refractivity contribution is -0.115. The molecule has 1 aromatic heterocycles. The fourth-order valence-corrected chi connectivity index (χ4v) is 2.33. The van der Waals surface area contributed by atoms with Gasteiger partial charge in [-0.15, -0.1) is 5.10 Å². The predicted molar refractivity (Wildman–Crippen MR) is 93.8 cm³/mol. The Hall–Kier alpha value is -3.48. The third kappa shape index (κ3) is 4.08. The van der Waals surface area contributed by atoms with Crippen LogP contribution in [0.2, 0.25) is 0 Å². The van der Waals surface area contributed by atoms with Gasteiger partial charge in [-0.05, 0) is 18.2 Å². The van der Waals surface area contributed by atoms with Crippen molar-refractivity contribution in [2.45, 2.75) is 0 Å². The lowest BCUT2D eigenvalue weighted by Gasteiger charge is -2.10. The number of hydrogen-bond acceptors (Lipinski definition) is 4. The number of aromatic nitrogens is 3. The molecule has 1 heterocycles. The number of benzene rings is 2. The number of nitrogens with zero attached hydrogens (tertiary/aromatic N) is 3. The zero-order chi connectivity index (χ0) is 17.6. The lowest BCUT2D eigenvalue weighted by atomic mass is 10.1. The SMILES string of the molecule is Cn1cc(-c2ccccc2NC(=O)CNC(=O)c2ccccc2)nn1. The van der Waals surface area contributed by atoms with E-state index < -0.39 is 0 Å². The van der Waals surface area contributed by atoms with Crippen LogP contribution < -0.4 is 10.6 Å². The van der Waals surface area contributed by atoms with Gasteiger partial charge in [0, 0.05) is 18.2 Å². The number of hydrogen-bond donors (Lipinski definition) is 2. The minimum absolute atomic E-state index is 0.122.